The van der Waals surface area contributed by atoms with Crippen molar-refractivity contribution in [2.24, 2.45) is 0 Å². The van der Waals surface area contributed by atoms with Crippen LogP contribution in [0.5, 0.6) is 0 Å². The molecule has 0 saturated heterocycles. The number of nitrogens with one attached hydrogen (secondary N) is 1. The van der Waals surface area contributed by atoms with E-state index in [9.17, 15) is 9.59 Å². The van der Waals surface area contributed by atoms with E-state index >= 15 is 0 Å². The molecule has 5 heteroatoms. The Bertz CT molecular complexity index is 441. The molecule has 0 aliphatic carbocycles. The lowest BCUT2D eigenvalue weighted by molar-refractivity contribution is -0.147. The molecule has 1 aromatic heterocycles. The Morgan fingerprint density at radius 3 is 2.84 bits per heavy atom. The molecule has 0 aliphatic rings. The fraction of sp³-hybridized carbons (Fsp3) is 0.357. The maximum atomic E-state index is 11.4. The minimum atomic E-state index is -0.316. The van der Waals surface area contributed by atoms with Crippen LogP contribution in [0.25, 0.3) is 6.08 Å². The summed E-state index contributed by atoms with van der Waals surface area (Å²) in [4.78, 5) is 26.7. The largest absolute Gasteiger partial charge is 0.463 e. The van der Waals surface area contributed by atoms with E-state index in [0.717, 1.165) is 0 Å². The average molecular weight is 262 g/mol. The first kappa shape index (κ1) is 14.9. The Morgan fingerprint density at radius 1 is 1.42 bits per heavy atom. The van der Waals surface area contributed by atoms with Crippen molar-refractivity contribution in [3.63, 3.8) is 0 Å². The van der Waals surface area contributed by atoms with Crippen LogP contribution >= 0.6 is 0 Å². The van der Waals surface area contributed by atoms with E-state index in [1.54, 1.807) is 38.3 Å². The molecule has 0 fully saturated rings. The number of carbonyl (C=O) groups excluding carboxylic acids is 2. The highest BCUT2D eigenvalue weighted by Gasteiger charge is 2.05. The second kappa shape index (κ2) is 8.02. The third kappa shape index (κ3) is 6.98. The molecule has 0 unspecified atom stereocenters. The van der Waals surface area contributed by atoms with Gasteiger partial charge in [-0.15, -0.1) is 0 Å². The zero-order valence-electron chi connectivity index (χ0n) is 11.1. The van der Waals surface area contributed by atoms with Gasteiger partial charge in [0, 0.05) is 18.8 Å². The van der Waals surface area contributed by atoms with E-state index in [4.69, 9.17) is 4.74 Å². The summed E-state index contributed by atoms with van der Waals surface area (Å²) in [6, 6.07) is 5.44. The molecule has 0 radical (unpaired) electrons. The van der Waals surface area contributed by atoms with Gasteiger partial charge in [-0.05, 0) is 32.1 Å². The number of esters is 1. The number of pyridine rings is 1. The topological polar surface area (TPSA) is 68.3 Å². The first-order chi connectivity index (χ1) is 9.08. The Labute approximate surface area is 112 Å². The number of amides is 1. The standard InChI is InChI=1S/C14H18N2O3/c1-11(2)19-14(18)8-10-16-13(17)7-6-12-5-3-4-9-15-12/h3-7,9,11H,8,10H2,1-2H3,(H,16,17). The number of hydrogen-bond donors (Lipinski definition) is 1. The van der Waals surface area contributed by atoms with E-state index in [1.165, 1.54) is 6.08 Å². The summed E-state index contributed by atoms with van der Waals surface area (Å²) in [5, 5.41) is 2.60. The minimum Gasteiger partial charge on any atom is -0.463 e. The van der Waals surface area contributed by atoms with Crippen molar-refractivity contribution in [3.8, 4) is 0 Å². The molecule has 1 N–H and O–H groups in total. The van der Waals surface area contributed by atoms with Crippen LogP contribution < -0.4 is 5.32 Å². The van der Waals surface area contributed by atoms with Crippen molar-refractivity contribution < 1.29 is 14.3 Å². The number of nitrogens with zero attached hydrogens (tertiary/aromatic N) is 1. The third-order valence-electron chi connectivity index (χ3n) is 2.09. The summed E-state index contributed by atoms with van der Waals surface area (Å²) in [5.74, 6) is -0.577. The van der Waals surface area contributed by atoms with Gasteiger partial charge in [0.25, 0.3) is 0 Å². The van der Waals surface area contributed by atoms with Crippen molar-refractivity contribution in [1.82, 2.24) is 10.3 Å². The highest BCUT2D eigenvalue weighted by Crippen LogP contribution is 1.96. The number of rotatable bonds is 6. The van der Waals surface area contributed by atoms with Gasteiger partial charge >= 0.3 is 5.97 Å². The Hall–Kier alpha value is -2.17. The summed E-state index contributed by atoms with van der Waals surface area (Å²) in [5.41, 5.74) is 0.705. The number of carbonyl (C=O) groups is 2. The monoisotopic (exact) mass is 262 g/mol. The molecular formula is C14H18N2O3. The molecule has 1 aromatic rings. The van der Waals surface area contributed by atoms with Gasteiger partial charge in [0.1, 0.15) is 0 Å². The van der Waals surface area contributed by atoms with Crippen molar-refractivity contribution in [2.45, 2.75) is 26.4 Å². The number of ether oxygens (including phenoxy) is 1. The van der Waals surface area contributed by atoms with Gasteiger partial charge in [0.15, 0.2) is 0 Å². The van der Waals surface area contributed by atoms with Crippen LogP contribution in [0, 0.1) is 0 Å². The summed E-state index contributed by atoms with van der Waals surface area (Å²) >= 11 is 0. The van der Waals surface area contributed by atoms with Crippen LogP contribution in [0.4, 0.5) is 0 Å². The zero-order valence-corrected chi connectivity index (χ0v) is 11.1. The van der Waals surface area contributed by atoms with Crippen LogP contribution in [-0.4, -0.2) is 29.5 Å². The SMILES string of the molecule is CC(C)OC(=O)CCNC(=O)C=Cc1ccccn1. The quantitative estimate of drug-likeness (QED) is 0.624. The van der Waals surface area contributed by atoms with Crippen LogP contribution in [0.1, 0.15) is 26.0 Å². The molecule has 0 aromatic carbocycles. The smallest absolute Gasteiger partial charge is 0.307 e. The number of hydrogen-bond acceptors (Lipinski definition) is 4. The van der Waals surface area contributed by atoms with E-state index in [-0.39, 0.29) is 30.9 Å². The van der Waals surface area contributed by atoms with Gasteiger partial charge in [0.05, 0.1) is 18.2 Å². The maximum Gasteiger partial charge on any atom is 0.307 e. The predicted molar refractivity (Wildman–Crippen MR) is 72.1 cm³/mol. The van der Waals surface area contributed by atoms with Crippen LogP contribution in [0.2, 0.25) is 0 Å². The molecule has 1 rings (SSSR count). The first-order valence-electron chi connectivity index (χ1n) is 6.14. The van der Waals surface area contributed by atoms with Crippen molar-refractivity contribution in [2.75, 3.05) is 6.54 Å². The molecule has 1 heterocycles. The second-order valence-electron chi connectivity index (χ2n) is 4.17. The summed E-state index contributed by atoms with van der Waals surface area (Å²) in [6.07, 6.45) is 4.69. The lowest BCUT2D eigenvalue weighted by Gasteiger charge is -2.07. The predicted octanol–water partition coefficient (Wildman–Crippen LogP) is 1.55. The molecule has 0 saturated carbocycles. The second-order valence-corrected chi connectivity index (χ2v) is 4.17. The van der Waals surface area contributed by atoms with Gasteiger partial charge < -0.3 is 10.1 Å². The Kier molecular flexibility index (Phi) is 6.29. The molecule has 0 spiro atoms. The highest BCUT2D eigenvalue weighted by atomic mass is 16.5. The molecule has 19 heavy (non-hydrogen) atoms. The first-order valence-corrected chi connectivity index (χ1v) is 6.14. The van der Waals surface area contributed by atoms with Crippen molar-refractivity contribution in [3.05, 3.63) is 36.2 Å². The average Bonchev–Trinajstić information content (AvgIpc) is 2.36. The van der Waals surface area contributed by atoms with Crippen LogP contribution in [0.15, 0.2) is 30.5 Å². The molecule has 102 valence electrons. The fourth-order valence-electron chi connectivity index (χ4n) is 1.30. The lowest BCUT2D eigenvalue weighted by atomic mass is 10.3. The molecule has 5 nitrogen and oxygen atoms in total. The Morgan fingerprint density at radius 2 is 2.21 bits per heavy atom. The Balaban J connectivity index is 2.25. The molecule has 0 aliphatic heterocycles. The summed E-state index contributed by atoms with van der Waals surface area (Å²) < 4.78 is 4.94. The lowest BCUT2D eigenvalue weighted by Crippen LogP contribution is -2.25. The highest BCUT2D eigenvalue weighted by molar-refractivity contribution is 5.91. The van der Waals surface area contributed by atoms with Gasteiger partial charge in [-0.2, -0.15) is 0 Å². The van der Waals surface area contributed by atoms with E-state index in [2.05, 4.69) is 10.3 Å². The van der Waals surface area contributed by atoms with Gasteiger partial charge in [-0.3, -0.25) is 14.6 Å². The number of aromatic nitrogens is 1. The van der Waals surface area contributed by atoms with E-state index in [1.807, 2.05) is 6.07 Å². The van der Waals surface area contributed by atoms with E-state index in [0.29, 0.717) is 5.69 Å². The fourth-order valence-corrected chi connectivity index (χ4v) is 1.30. The maximum absolute atomic E-state index is 11.4. The van der Waals surface area contributed by atoms with Gasteiger partial charge in [0.2, 0.25) is 5.91 Å². The molecule has 1 amide bonds. The van der Waals surface area contributed by atoms with Crippen LogP contribution in [0.3, 0.4) is 0 Å². The minimum absolute atomic E-state index is 0.132. The molecular weight excluding hydrogens is 244 g/mol. The van der Waals surface area contributed by atoms with Crippen molar-refractivity contribution >= 4 is 18.0 Å². The van der Waals surface area contributed by atoms with Crippen LogP contribution in [-0.2, 0) is 14.3 Å². The summed E-state index contributed by atoms with van der Waals surface area (Å²) in [7, 11) is 0. The van der Waals surface area contributed by atoms with Gasteiger partial charge in [-0.25, -0.2) is 0 Å². The summed E-state index contributed by atoms with van der Waals surface area (Å²) in [6.45, 7) is 3.83. The molecule has 0 atom stereocenters. The van der Waals surface area contributed by atoms with Crippen molar-refractivity contribution in [1.29, 1.82) is 0 Å². The zero-order chi connectivity index (χ0) is 14.1. The van der Waals surface area contributed by atoms with E-state index < -0.39 is 0 Å². The normalized spacial score (nSPS) is 10.7. The third-order valence-corrected chi connectivity index (χ3v) is 2.09. The van der Waals surface area contributed by atoms with Gasteiger partial charge in [-0.1, -0.05) is 6.07 Å². The molecule has 0 bridgehead atoms.